The molecule has 2 fully saturated rings. The van der Waals surface area contributed by atoms with Gasteiger partial charge in [-0.1, -0.05) is 19.1 Å². The summed E-state index contributed by atoms with van der Waals surface area (Å²) in [5.74, 6) is 0.696. The van der Waals surface area contributed by atoms with E-state index < -0.39 is 0 Å². The molecule has 0 aromatic heterocycles. The Morgan fingerprint density at radius 1 is 1.33 bits per heavy atom. The van der Waals surface area contributed by atoms with Gasteiger partial charge in [0.1, 0.15) is 6.10 Å². The lowest BCUT2D eigenvalue weighted by Crippen LogP contribution is -2.34. The highest BCUT2D eigenvalue weighted by Crippen LogP contribution is 2.23. The Balaban J connectivity index is 1.55. The van der Waals surface area contributed by atoms with Gasteiger partial charge in [-0.05, 0) is 61.9 Å². The monoisotopic (exact) mass is 332 g/mol. The smallest absolute Gasteiger partial charge is 0.253 e. The standard InChI is InChI=1S/C19H28N2O3/c1-14-7-10-24-18(14)19(23)20-17-4-2-3-16(11-17)12-21-8-5-15(13-22)6-9-21/h2-4,11,14-15,18,22H,5-10,12-13H2,1H3,(H,20,23). The molecule has 3 rings (SSSR count). The number of amides is 1. The van der Waals surface area contributed by atoms with Crippen molar-refractivity contribution < 1.29 is 14.6 Å². The Bertz CT molecular complexity index is 555. The Labute approximate surface area is 144 Å². The van der Waals surface area contributed by atoms with Crippen molar-refractivity contribution in [3.05, 3.63) is 29.8 Å². The molecule has 5 heteroatoms. The second-order valence-corrected chi connectivity index (χ2v) is 7.15. The van der Waals surface area contributed by atoms with E-state index in [1.54, 1.807) is 0 Å². The molecule has 0 aliphatic carbocycles. The molecule has 1 aromatic rings. The van der Waals surface area contributed by atoms with Crippen molar-refractivity contribution in [2.24, 2.45) is 11.8 Å². The number of nitrogens with zero attached hydrogens (tertiary/aromatic N) is 1. The number of benzene rings is 1. The summed E-state index contributed by atoms with van der Waals surface area (Å²) in [5, 5.41) is 12.2. The van der Waals surface area contributed by atoms with Crippen LogP contribution >= 0.6 is 0 Å². The number of ether oxygens (including phenoxy) is 1. The fraction of sp³-hybridized carbons (Fsp3) is 0.632. The van der Waals surface area contributed by atoms with Crippen LogP contribution in [0.3, 0.4) is 0 Å². The number of aliphatic hydroxyl groups excluding tert-OH is 1. The lowest BCUT2D eigenvalue weighted by molar-refractivity contribution is -0.126. The van der Waals surface area contributed by atoms with Gasteiger partial charge in [0.15, 0.2) is 0 Å². The summed E-state index contributed by atoms with van der Waals surface area (Å²) in [7, 11) is 0. The molecular weight excluding hydrogens is 304 g/mol. The Hall–Kier alpha value is -1.43. The zero-order chi connectivity index (χ0) is 16.9. The molecule has 2 heterocycles. The van der Waals surface area contributed by atoms with Crippen LogP contribution in [0.1, 0.15) is 31.7 Å². The van der Waals surface area contributed by atoms with E-state index in [2.05, 4.69) is 29.3 Å². The van der Waals surface area contributed by atoms with Crippen molar-refractivity contribution in [2.45, 2.75) is 38.8 Å². The molecule has 2 aliphatic heterocycles. The van der Waals surface area contributed by atoms with Gasteiger partial charge in [0, 0.05) is 25.4 Å². The van der Waals surface area contributed by atoms with Gasteiger partial charge in [-0.2, -0.15) is 0 Å². The first kappa shape index (κ1) is 17.4. The predicted octanol–water partition coefficient (Wildman–Crippen LogP) is 2.25. The van der Waals surface area contributed by atoms with Gasteiger partial charge < -0.3 is 15.2 Å². The molecule has 0 spiro atoms. The predicted molar refractivity (Wildman–Crippen MR) is 93.7 cm³/mol. The van der Waals surface area contributed by atoms with Gasteiger partial charge in [-0.25, -0.2) is 0 Å². The highest BCUT2D eigenvalue weighted by atomic mass is 16.5. The maximum atomic E-state index is 12.3. The number of carbonyl (C=O) groups excluding carboxylic acids is 1. The van der Waals surface area contributed by atoms with Crippen molar-refractivity contribution in [2.75, 3.05) is 31.6 Å². The third-order valence-electron chi connectivity index (χ3n) is 5.21. The Morgan fingerprint density at radius 2 is 2.12 bits per heavy atom. The van der Waals surface area contributed by atoms with E-state index in [0.717, 1.165) is 44.6 Å². The highest BCUT2D eigenvalue weighted by molar-refractivity contribution is 5.94. The van der Waals surface area contributed by atoms with Gasteiger partial charge >= 0.3 is 0 Å². The van der Waals surface area contributed by atoms with Gasteiger partial charge in [-0.3, -0.25) is 9.69 Å². The number of likely N-dealkylation sites (tertiary alicyclic amines) is 1. The van der Waals surface area contributed by atoms with E-state index >= 15 is 0 Å². The SMILES string of the molecule is CC1CCOC1C(=O)Nc1cccc(CN2CCC(CO)CC2)c1. The van der Waals surface area contributed by atoms with Crippen molar-refractivity contribution in [3.8, 4) is 0 Å². The summed E-state index contributed by atoms with van der Waals surface area (Å²) in [4.78, 5) is 14.7. The minimum Gasteiger partial charge on any atom is -0.396 e. The third kappa shape index (κ3) is 4.35. The lowest BCUT2D eigenvalue weighted by atomic mass is 9.97. The van der Waals surface area contributed by atoms with Crippen LogP contribution in [0.2, 0.25) is 0 Å². The number of aliphatic hydroxyl groups is 1. The number of piperidine rings is 1. The van der Waals surface area contributed by atoms with Crippen LogP contribution in [0.5, 0.6) is 0 Å². The van der Waals surface area contributed by atoms with E-state index in [-0.39, 0.29) is 17.9 Å². The highest BCUT2D eigenvalue weighted by Gasteiger charge is 2.30. The molecule has 5 nitrogen and oxygen atoms in total. The van der Waals surface area contributed by atoms with Crippen LogP contribution in [0.4, 0.5) is 5.69 Å². The van der Waals surface area contributed by atoms with Crippen LogP contribution in [0, 0.1) is 11.8 Å². The topological polar surface area (TPSA) is 61.8 Å². The van der Waals surface area contributed by atoms with Gasteiger partial charge in [0.25, 0.3) is 5.91 Å². The zero-order valence-corrected chi connectivity index (χ0v) is 14.4. The fourth-order valence-corrected chi connectivity index (χ4v) is 3.58. The minimum absolute atomic E-state index is 0.0408. The molecule has 0 bridgehead atoms. The van der Waals surface area contributed by atoms with Crippen LogP contribution in [0.15, 0.2) is 24.3 Å². The van der Waals surface area contributed by atoms with Gasteiger partial charge in [-0.15, -0.1) is 0 Å². The average molecular weight is 332 g/mol. The number of hydrogen-bond acceptors (Lipinski definition) is 4. The number of anilines is 1. The van der Waals surface area contributed by atoms with Crippen LogP contribution in [0.25, 0.3) is 0 Å². The summed E-state index contributed by atoms with van der Waals surface area (Å²) in [6.07, 6.45) is 2.74. The first-order chi connectivity index (χ1) is 11.7. The molecule has 132 valence electrons. The van der Waals surface area contributed by atoms with Crippen LogP contribution in [-0.4, -0.2) is 48.3 Å². The van der Waals surface area contributed by atoms with Crippen LogP contribution < -0.4 is 5.32 Å². The lowest BCUT2D eigenvalue weighted by Gasteiger charge is -2.31. The molecule has 0 saturated carbocycles. The van der Waals surface area contributed by atoms with Crippen molar-refractivity contribution >= 4 is 11.6 Å². The second-order valence-electron chi connectivity index (χ2n) is 7.15. The van der Waals surface area contributed by atoms with Crippen LogP contribution in [-0.2, 0) is 16.1 Å². The average Bonchev–Trinajstić information content (AvgIpc) is 3.02. The van der Waals surface area contributed by atoms with E-state index in [4.69, 9.17) is 4.74 Å². The summed E-state index contributed by atoms with van der Waals surface area (Å²) < 4.78 is 5.53. The molecule has 24 heavy (non-hydrogen) atoms. The number of nitrogens with one attached hydrogen (secondary N) is 1. The molecule has 2 unspecified atom stereocenters. The molecule has 1 aromatic carbocycles. The minimum atomic E-state index is -0.328. The largest absolute Gasteiger partial charge is 0.396 e. The molecule has 0 radical (unpaired) electrons. The van der Waals surface area contributed by atoms with Crippen molar-refractivity contribution in [1.82, 2.24) is 4.90 Å². The Kier molecular flexibility index (Phi) is 5.87. The van der Waals surface area contributed by atoms with Gasteiger partial charge in [0.2, 0.25) is 0 Å². The fourth-order valence-electron chi connectivity index (χ4n) is 3.58. The number of rotatable bonds is 5. The summed E-state index contributed by atoms with van der Waals surface area (Å²) >= 11 is 0. The molecule has 1 amide bonds. The molecule has 2 atom stereocenters. The quantitative estimate of drug-likeness (QED) is 0.868. The number of carbonyl (C=O) groups is 1. The number of hydrogen-bond donors (Lipinski definition) is 2. The van der Waals surface area contributed by atoms with E-state index in [1.165, 1.54) is 5.56 Å². The molecule has 2 saturated heterocycles. The van der Waals surface area contributed by atoms with E-state index in [0.29, 0.717) is 19.1 Å². The second kappa shape index (κ2) is 8.10. The molecular formula is C19H28N2O3. The normalized spacial score (nSPS) is 25.8. The Morgan fingerprint density at radius 3 is 2.79 bits per heavy atom. The first-order valence-corrected chi connectivity index (χ1v) is 9.00. The summed E-state index contributed by atoms with van der Waals surface area (Å²) in [6, 6.07) is 8.07. The van der Waals surface area contributed by atoms with Gasteiger partial charge in [0.05, 0.1) is 0 Å². The maximum absolute atomic E-state index is 12.3. The molecule has 2 N–H and O–H groups in total. The molecule has 2 aliphatic rings. The summed E-state index contributed by atoms with van der Waals surface area (Å²) in [5.41, 5.74) is 2.04. The first-order valence-electron chi connectivity index (χ1n) is 9.00. The maximum Gasteiger partial charge on any atom is 0.253 e. The third-order valence-corrected chi connectivity index (χ3v) is 5.21. The van der Waals surface area contributed by atoms with Crippen molar-refractivity contribution in [3.63, 3.8) is 0 Å². The van der Waals surface area contributed by atoms with Crippen molar-refractivity contribution in [1.29, 1.82) is 0 Å². The van der Waals surface area contributed by atoms with E-state index in [9.17, 15) is 9.90 Å². The summed E-state index contributed by atoms with van der Waals surface area (Å²) in [6.45, 7) is 5.96. The zero-order valence-electron chi connectivity index (χ0n) is 14.4. The van der Waals surface area contributed by atoms with E-state index in [1.807, 2.05) is 12.1 Å².